The number of anilines is 3. The van der Waals surface area contributed by atoms with E-state index in [4.69, 9.17) is 0 Å². The first-order chi connectivity index (χ1) is 12.2. The SMILES string of the molecule is Cc1nnc(NC(=O)CSc2nnc3n2CCN3c2ccccc2)s1. The molecule has 0 radical (unpaired) electrons. The third kappa shape index (κ3) is 3.35. The van der Waals surface area contributed by atoms with Gasteiger partial charge in [-0.05, 0) is 19.1 Å². The number of nitrogens with zero attached hydrogens (tertiary/aromatic N) is 6. The Morgan fingerprint density at radius 1 is 1.20 bits per heavy atom. The van der Waals surface area contributed by atoms with Crippen LogP contribution >= 0.6 is 23.1 Å². The summed E-state index contributed by atoms with van der Waals surface area (Å²) >= 11 is 2.73. The first kappa shape index (κ1) is 16.0. The number of carbonyl (C=O) groups is 1. The normalized spacial score (nSPS) is 13.1. The number of carbonyl (C=O) groups excluding carboxylic acids is 1. The van der Waals surface area contributed by atoms with Crippen LogP contribution in [0.1, 0.15) is 5.01 Å². The topological polar surface area (TPSA) is 88.8 Å². The summed E-state index contributed by atoms with van der Waals surface area (Å²) in [6.07, 6.45) is 0. The highest BCUT2D eigenvalue weighted by atomic mass is 32.2. The fourth-order valence-electron chi connectivity index (χ4n) is 2.57. The molecule has 1 aromatic carbocycles. The van der Waals surface area contributed by atoms with E-state index in [0.29, 0.717) is 5.13 Å². The van der Waals surface area contributed by atoms with Crippen molar-refractivity contribution in [2.45, 2.75) is 18.6 Å². The summed E-state index contributed by atoms with van der Waals surface area (Å²) in [6.45, 7) is 3.50. The summed E-state index contributed by atoms with van der Waals surface area (Å²) in [4.78, 5) is 14.2. The summed E-state index contributed by atoms with van der Waals surface area (Å²) in [5.41, 5.74) is 1.09. The van der Waals surface area contributed by atoms with E-state index in [1.165, 1.54) is 23.1 Å². The molecule has 1 amide bonds. The Bertz CT molecular complexity index is 892. The summed E-state index contributed by atoms with van der Waals surface area (Å²) in [5, 5.41) is 21.1. The molecule has 3 heterocycles. The molecule has 0 saturated carbocycles. The maximum atomic E-state index is 12.0. The molecule has 0 fully saturated rings. The van der Waals surface area contributed by atoms with E-state index in [1.807, 2.05) is 29.7 Å². The van der Waals surface area contributed by atoms with Gasteiger partial charge in [-0.15, -0.1) is 20.4 Å². The zero-order valence-corrected chi connectivity index (χ0v) is 15.0. The fourth-order valence-corrected chi connectivity index (χ4v) is 3.94. The molecule has 25 heavy (non-hydrogen) atoms. The van der Waals surface area contributed by atoms with E-state index < -0.39 is 0 Å². The Morgan fingerprint density at radius 2 is 2.04 bits per heavy atom. The molecule has 0 aliphatic carbocycles. The molecule has 10 heteroatoms. The lowest BCUT2D eigenvalue weighted by molar-refractivity contribution is -0.113. The van der Waals surface area contributed by atoms with Crippen molar-refractivity contribution in [3.8, 4) is 0 Å². The molecule has 1 N–H and O–H groups in total. The number of hydrogen-bond donors (Lipinski definition) is 1. The highest BCUT2D eigenvalue weighted by molar-refractivity contribution is 7.99. The largest absolute Gasteiger partial charge is 0.309 e. The van der Waals surface area contributed by atoms with Crippen LogP contribution in [0.4, 0.5) is 16.8 Å². The van der Waals surface area contributed by atoms with Crippen LogP contribution in [0.15, 0.2) is 35.5 Å². The molecule has 128 valence electrons. The second-order valence-corrected chi connectivity index (χ2v) is 7.51. The number of benzene rings is 1. The van der Waals surface area contributed by atoms with Gasteiger partial charge in [0.1, 0.15) is 5.01 Å². The predicted octanol–water partition coefficient (Wildman–Crippen LogP) is 2.32. The number of hydrogen-bond acceptors (Lipinski definition) is 8. The zero-order valence-electron chi connectivity index (χ0n) is 13.4. The van der Waals surface area contributed by atoms with Crippen molar-refractivity contribution in [1.82, 2.24) is 25.0 Å². The van der Waals surface area contributed by atoms with Crippen molar-refractivity contribution in [3.63, 3.8) is 0 Å². The molecule has 0 unspecified atom stereocenters. The van der Waals surface area contributed by atoms with E-state index in [2.05, 4.69) is 42.7 Å². The molecule has 2 aromatic heterocycles. The molecule has 0 atom stereocenters. The van der Waals surface area contributed by atoms with Crippen LogP contribution in [-0.4, -0.2) is 43.2 Å². The van der Waals surface area contributed by atoms with Crippen LogP contribution in [0, 0.1) is 6.92 Å². The van der Waals surface area contributed by atoms with E-state index in [1.54, 1.807) is 0 Å². The van der Waals surface area contributed by atoms with Gasteiger partial charge in [-0.25, -0.2) is 0 Å². The van der Waals surface area contributed by atoms with Crippen LogP contribution in [0.3, 0.4) is 0 Å². The first-order valence-corrected chi connectivity index (χ1v) is 9.49. The van der Waals surface area contributed by atoms with Crippen molar-refractivity contribution in [2.75, 3.05) is 22.5 Å². The molecule has 3 aromatic rings. The molecule has 0 saturated heterocycles. The van der Waals surface area contributed by atoms with Gasteiger partial charge in [0.05, 0.1) is 5.75 Å². The lowest BCUT2D eigenvalue weighted by atomic mass is 10.3. The average Bonchev–Trinajstić information content (AvgIpc) is 3.31. The summed E-state index contributed by atoms with van der Waals surface area (Å²) < 4.78 is 2.04. The minimum Gasteiger partial charge on any atom is -0.309 e. The van der Waals surface area contributed by atoms with Crippen LogP contribution < -0.4 is 10.2 Å². The maximum absolute atomic E-state index is 12.0. The lowest BCUT2D eigenvalue weighted by Gasteiger charge is -2.14. The highest BCUT2D eigenvalue weighted by Crippen LogP contribution is 2.31. The smallest absolute Gasteiger partial charge is 0.236 e. The molecule has 8 nitrogen and oxygen atoms in total. The number of aryl methyl sites for hydroxylation is 1. The molecular weight excluding hydrogens is 358 g/mol. The van der Waals surface area contributed by atoms with Crippen LogP contribution in [0.2, 0.25) is 0 Å². The Morgan fingerprint density at radius 3 is 2.80 bits per heavy atom. The maximum Gasteiger partial charge on any atom is 0.236 e. The van der Waals surface area contributed by atoms with Gasteiger partial charge in [-0.1, -0.05) is 41.3 Å². The van der Waals surface area contributed by atoms with E-state index in [0.717, 1.165) is 34.9 Å². The third-order valence-corrected chi connectivity index (χ3v) is 5.38. The van der Waals surface area contributed by atoms with E-state index in [-0.39, 0.29) is 11.7 Å². The van der Waals surface area contributed by atoms with Gasteiger partial charge in [-0.2, -0.15) is 0 Å². The van der Waals surface area contributed by atoms with Crippen molar-refractivity contribution in [3.05, 3.63) is 35.3 Å². The highest BCUT2D eigenvalue weighted by Gasteiger charge is 2.26. The number of amides is 1. The van der Waals surface area contributed by atoms with E-state index >= 15 is 0 Å². The molecule has 0 bridgehead atoms. The molecular formula is C15H15N7OS2. The predicted molar refractivity (Wildman–Crippen MR) is 97.5 cm³/mol. The van der Waals surface area contributed by atoms with Gasteiger partial charge in [0.15, 0.2) is 5.16 Å². The van der Waals surface area contributed by atoms with Gasteiger partial charge in [0, 0.05) is 18.8 Å². The quantitative estimate of drug-likeness (QED) is 0.687. The van der Waals surface area contributed by atoms with Crippen molar-refractivity contribution >= 4 is 45.8 Å². The zero-order chi connectivity index (χ0) is 17.2. The Hall–Kier alpha value is -2.46. The Labute approximate surface area is 152 Å². The molecule has 0 spiro atoms. The van der Waals surface area contributed by atoms with Crippen molar-refractivity contribution in [2.24, 2.45) is 0 Å². The van der Waals surface area contributed by atoms with Gasteiger partial charge in [-0.3, -0.25) is 14.7 Å². The molecule has 4 rings (SSSR count). The van der Waals surface area contributed by atoms with E-state index in [9.17, 15) is 4.79 Å². The summed E-state index contributed by atoms with van der Waals surface area (Å²) in [5.74, 6) is 0.938. The lowest BCUT2D eigenvalue weighted by Crippen LogP contribution is -2.14. The van der Waals surface area contributed by atoms with Crippen LogP contribution in [-0.2, 0) is 11.3 Å². The standard InChI is InChI=1S/C15H15N7OS2/c1-10-17-18-13(25-10)16-12(23)9-24-15-20-19-14-21(7-8-22(14)15)11-5-3-2-4-6-11/h2-6H,7-9H2,1H3,(H,16,18,23). The second kappa shape index (κ2) is 6.81. The fraction of sp³-hybridized carbons (Fsp3) is 0.267. The minimum atomic E-state index is -0.128. The van der Waals surface area contributed by atoms with Crippen LogP contribution in [0.5, 0.6) is 0 Å². The average molecular weight is 373 g/mol. The number of thioether (sulfide) groups is 1. The number of para-hydroxylation sites is 1. The molecule has 1 aliphatic heterocycles. The van der Waals surface area contributed by atoms with Gasteiger partial charge in [0.2, 0.25) is 17.0 Å². The van der Waals surface area contributed by atoms with Gasteiger partial charge in [0.25, 0.3) is 0 Å². The number of aromatic nitrogens is 5. The Kier molecular flexibility index (Phi) is 4.36. The number of nitrogens with one attached hydrogen (secondary N) is 1. The second-order valence-electron chi connectivity index (χ2n) is 5.38. The molecule has 1 aliphatic rings. The summed E-state index contributed by atoms with van der Waals surface area (Å²) in [7, 11) is 0. The minimum absolute atomic E-state index is 0.128. The van der Waals surface area contributed by atoms with Crippen molar-refractivity contribution in [1.29, 1.82) is 0 Å². The Balaban J connectivity index is 1.41. The summed E-state index contributed by atoms with van der Waals surface area (Å²) in [6, 6.07) is 10.1. The van der Waals surface area contributed by atoms with Crippen LogP contribution in [0.25, 0.3) is 0 Å². The van der Waals surface area contributed by atoms with Gasteiger partial charge < -0.3 is 4.90 Å². The third-order valence-electron chi connectivity index (χ3n) is 3.66. The first-order valence-electron chi connectivity index (χ1n) is 7.69. The van der Waals surface area contributed by atoms with Crippen molar-refractivity contribution < 1.29 is 4.79 Å². The monoisotopic (exact) mass is 373 g/mol. The van der Waals surface area contributed by atoms with Gasteiger partial charge >= 0.3 is 0 Å². The number of rotatable bonds is 5. The number of fused-ring (bicyclic) bond motifs is 1.